The first-order valence-corrected chi connectivity index (χ1v) is 5.02. The minimum atomic E-state index is 0.318. The summed E-state index contributed by atoms with van der Waals surface area (Å²) in [6.45, 7) is 4.21. The summed E-state index contributed by atoms with van der Waals surface area (Å²) in [5.74, 6) is 0. The second-order valence-electron chi connectivity index (χ2n) is 3.71. The molecule has 4 N–H and O–H groups in total. The number of nitrogens with two attached hydrogens (primary N) is 2. The summed E-state index contributed by atoms with van der Waals surface area (Å²) >= 11 is 0. The number of hydrogen-bond donors (Lipinski definition) is 2. The Morgan fingerprint density at radius 3 is 2.80 bits per heavy atom. The predicted molar refractivity (Wildman–Crippen MR) is 61.4 cm³/mol. The van der Waals surface area contributed by atoms with Crippen LogP contribution in [0.1, 0.15) is 26.3 Å². The van der Waals surface area contributed by atoms with Crippen LogP contribution in [0.25, 0.3) is 11.0 Å². The number of aromatic nitrogens is 3. The summed E-state index contributed by atoms with van der Waals surface area (Å²) in [5.41, 5.74) is 13.4. The van der Waals surface area contributed by atoms with Crippen LogP contribution in [0.2, 0.25) is 0 Å². The van der Waals surface area contributed by atoms with Crippen LogP contribution in [0.3, 0.4) is 0 Å². The van der Waals surface area contributed by atoms with Crippen molar-refractivity contribution in [1.82, 2.24) is 14.8 Å². The van der Waals surface area contributed by atoms with E-state index in [0.29, 0.717) is 17.4 Å². The van der Waals surface area contributed by atoms with Gasteiger partial charge in [-0.15, -0.1) is 0 Å². The van der Waals surface area contributed by atoms with Gasteiger partial charge >= 0.3 is 0 Å². The Morgan fingerprint density at radius 2 is 2.13 bits per heavy atom. The number of hydrogen-bond acceptors (Lipinski definition) is 4. The summed E-state index contributed by atoms with van der Waals surface area (Å²) in [6.07, 6.45) is 4.31. The first-order valence-electron chi connectivity index (χ1n) is 5.02. The molecule has 0 aromatic carbocycles. The molecule has 2 aromatic rings. The van der Waals surface area contributed by atoms with Gasteiger partial charge < -0.3 is 11.5 Å². The highest BCUT2D eigenvalue weighted by Crippen LogP contribution is 2.26. The van der Waals surface area contributed by atoms with Gasteiger partial charge in [-0.1, -0.05) is 6.92 Å². The van der Waals surface area contributed by atoms with E-state index in [0.717, 1.165) is 17.5 Å². The van der Waals surface area contributed by atoms with Crippen LogP contribution in [-0.2, 0) is 0 Å². The Bertz CT molecular complexity index is 488. The standard InChI is InChI=1S/C10H15N5/c1-3-6(2)15-10-7(4-14-15)9(12)8(11)5-13-10/h4-6H,3,11H2,1-2H3,(H2,12,13)/t6-/m0/s1. The molecule has 0 fully saturated rings. The molecule has 0 aliphatic heterocycles. The third kappa shape index (κ3) is 1.40. The zero-order valence-electron chi connectivity index (χ0n) is 8.94. The van der Waals surface area contributed by atoms with Crippen LogP contribution in [0.15, 0.2) is 12.4 Å². The van der Waals surface area contributed by atoms with Gasteiger partial charge in [0.25, 0.3) is 0 Å². The largest absolute Gasteiger partial charge is 0.396 e. The fourth-order valence-electron chi connectivity index (χ4n) is 1.53. The lowest BCUT2D eigenvalue weighted by atomic mass is 10.2. The molecule has 0 radical (unpaired) electrons. The minimum Gasteiger partial charge on any atom is -0.396 e. The molecular formula is C10H15N5. The van der Waals surface area contributed by atoms with Gasteiger partial charge in [0.2, 0.25) is 0 Å². The highest BCUT2D eigenvalue weighted by atomic mass is 15.3. The van der Waals surface area contributed by atoms with Gasteiger partial charge in [-0.2, -0.15) is 5.10 Å². The zero-order chi connectivity index (χ0) is 11.0. The molecule has 0 aliphatic carbocycles. The molecule has 0 saturated carbocycles. The van der Waals surface area contributed by atoms with E-state index in [4.69, 9.17) is 11.5 Å². The van der Waals surface area contributed by atoms with E-state index in [-0.39, 0.29) is 0 Å². The molecule has 0 bridgehead atoms. The molecule has 0 aliphatic rings. The molecule has 0 saturated heterocycles. The summed E-state index contributed by atoms with van der Waals surface area (Å²) < 4.78 is 1.88. The Morgan fingerprint density at radius 1 is 1.40 bits per heavy atom. The van der Waals surface area contributed by atoms with E-state index in [2.05, 4.69) is 23.9 Å². The highest BCUT2D eigenvalue weighted by molar-refractivity contribution is 5.93. The molecular weight excluding hydrogens is 190 g/mol. The van der Waals surface area contributed by atoms with Crippen LogP contribution >= 0.6 is 0 Å². The van der Waals surface area contributed by atoms with Gasteiger partial charge in [-0.05, 0) is 13.3 Å². The van der Waals surface area contributed by atoms with Crippen molar-refractivity contribution >= 4 is 22.4 Å². The lowest BCUT2D eigenvalue weighted by Gasteiger charge is -2.10. The van der Waals surface area contributed by atoms with E-state index in [9.17, 15) is 0 Å². The predicted octanol–water partition coefficient (Wildman–Crippen LogP) is 1.57. The maximum Gasteiger partial charge on any atom is 0.160 e. The first kappa shape index (κ1) is 9.76. The second-order valence-corrected chi connectivity index (χ2v) is 3.71. The summed E-state index contributed by atoms with van der Waals surface area (Å²) in [7, 11) is 0. The van der Waals surface area contributed by atoms with Gasteiger partial charge in [0.1, 0.15) is 0 Å². The second kappa shape index (κ2) is 3.42. The molecule has 5 heteroatoms. The Kier molecular flexibility index (Phi) is 2.22. The van der Waals surface area contributed by atoms with E-state index in [1.54, 1.807) is 12.4 Å². The molecule has 2 heterocycles. The van der Waals surface area contributed by atoms with Crippen molar-refractivity contribution in [3.05, 3.63) is 12.4 Å². The lowest BCUT2D eigenvalue weighted by Crippen LogP contribution is -2.06. The Balaban J connectivity index is 2.67. The van der Waals surface area contributed by atoms with Gasteiger partial charge in [0, 0.05) is 0 Å². The van der Waals surface area contributed by atoms with E-state index in [1.807, 2.05) is 4.68 Å². The molecule has 5 nitrogen and oxygen atoms in total. The normalized spacial score (nSPS) is 13.2. The molecule has 2 rings (SSSR count). The summed E-state index contributed by atoms with van der Waals surface area (Å²) in [4.78, 5) is 4.27. The van der Waals surface area contributed by atoms with Gasteiger partial charge in [-0.25, -0.2) is 9.67 Å². The topological polar surface area (TPSA) is 82.8 Å². The number of rotatable bonds is 2. The average molecular weight is 205 g/mol. The fourth-order valence-corrected chi connectivity index (χ4v) is 1.53. The summed E-state index contributed by atoms with van der Waals surface area (Å²) in [5, 5.41) is 5.12. The molecule has 0 amide bonds. The number of nitrogens with zero attached hydrogens (tertiary/aromatic N) is 3. The smallest absolute Gasteiger partial charge is 0.160 e. The van der Waals surface area contributed by atoms with Crippen LogP contribution in [0.4, 0.5) is 11.4 Å². The maximum absolute atomic E-state index is 5.85. The third-order valence-electron chi connectivity index (χ3n) is 2.70. The van der Waals surface area contributed by atoms with Crippen molar-refractivity contribution in [2.45, 2.75) is 26.3 Å². The van der Waals surface area contributed by atoms with Gasteiger partial charge in [-0.3, -0.25) is 0 Å². The number of anilines is 2. The van der Waals surface area contributed by atoms with Gasteiger partial charge in [0.15, 0.2) is 5.65 Å². The maximum atomic E-state index is 5.85. The van der Waals surface area contributed by atoms with Crippen LogP contribution in [-0.4, -0.2) is 14.8 Å². The average Bonchev–Trinajstić information content (AvgIpc) is 2.66. The van der Waals surface area contributed by atoms with Crippen LogP contribution in [0.5, 0.6) is 0 Å². The fraction of sp³-hybridized carbons (Fsp3) is 0.400. The van der Waals surface area contributed by atoms with Gasteiger partial charge in [0.05, 0.1) is 35.2 Å². The van der Waals surface area contributed by atoms with Crippen LogP contribution < -0.4 is 11.5 Å². The molecule has 15 heavy (non-hydrogen) atoms. The number of fused-ring (bicyclic) bond motifs is 1. The van der Waals surface area contributed by atoms with Crippen molar-refractivity contribution in [2.75, 3.05) is 11.5 Å². The van der Waals surface area contributed by atoms with Crippen molar-refractivity contribution in [3.8, 4) is 0 Å². The third-order valence-corrected chi connectivity index (χ3v) is 2.70. The molecule has 2 aromatic heterocycles. The lowest BCUT2D eigenvalue weighted by molar-refractivity contribution is 0.490. The SMILES string of the molecule is CC[C@H](C)n1ncc2c(N)c(N)cnc21. The van der Waals surface area contributed by atoms with Crippen molar-refractivity contribution in [3.63, 3.8) is 0 Å². The van der Waals surface area contributed by atoms with Crippen LogP contribution in [0, 0.1) is 0 Å². The first-order chi connectivity index (χ1) is 7.15. The Labute approximate surface area is 88.1 Å². The number of pyridine rings is 1. The molecule has 80 valence electrons. The highest BCUT2D eigenvalue weighted by Gasteiger charge is 2.12. The van der Waals surface area contributed by atoms with Crippen molar-refractivity contribution < 1.29 is 0 Å². The number of nitrogen functional groups attached to an aromatic ring is 2. The van der Waals surface area contributed by atoms with E-state index in [1.165, 1.54) is 0 Å². The quantitative estimate of drug-likeness (QED) is 0.779. The van der Waals surface area contributed by atoms with E-state index >= 15 is 0 Å². The monoisotopic (exact) mass is 205 g/mol. The molecule has 1 atom stereocenters. The van der Waals surface area contributed by atoms with E-state index < -0.39 is 0 Å². The zero-order valence-corrected chi connectivity index (χ0v) is 8.94. The Hall–Kier alpha value is -1.78. The minimum absolute atomic E-state index is 0.318. The summed E-state index contributed by atoms with van der Waals surface area (Å²) in [6, 6.07) is 0.318. The van der Waals surface area contributed by atoms with Crippen molar-refractivity contribution in [2.24, 2.45) is 0 Å². The molecule has 0 unspecified atom stereocenters. The molecule has 0 spiro atoms. The van der Waals surface area contributed by atoms with Crippen molar-refractivity contribution in [1.29, 1.82) is 0 Å².